The molecular weight excluding hydrogens is 243 g/mol. The molecule has 1 heterocycles. The summed E-state index contributed by atoms with van der Waals surface area (Å²) in [6.45, 7) is 0. The van der Waals surface area contributed by atoms with Crippen LogP contribution in [0.2, 0.25) is 0 Å². The van der Waals surface area contributed by atoms with Crippen LogP contribution in [0.15, 0.2) is 60.7 Å². The SMILES string of the molecule is O=[P+]1NC(c2ccccc2)C(c2ccccc2)N1. The van der Waals surface area contributed by atoms with Gasteiger partial charge in [-0.15, -0.1) is 0 Å². The van der Waals surface area contributed by atoms with Gasteiger partial charge in [-0.3, -0.25) is 0 Å². The van der Waals surface area contributed by atoms with Crippen LogP contribution >= 0.6 is 8.10 Å². The fourth-order valence-electron chi connectivity index (χ4n) is 2.29. The van der Waals surface area contributed by atoms with Crippen molar-refractivity contribution >= 4 is 8.10 Å². The molecule has 4 heteroatoms. The zero-order valence-electron chi connectivity index (χ0n) is 9.78. The lowest BCUT2D eigenvalue weighted by Gasteiger charge is -2.15. The molecule has 18 heavy (non-hydrogen) atoms. The van der Waals surface area contributed by atoms with Crippen LogP contribution in [0.25, 0.3) is 0 Å². The van der Waals surface area contributed by atoms with Crippen molar-refractivity contribution in [2.45, 2.75) is 12.1 Å². The van der Waals surface area contributed by atoms with E-state index in [0.29, 0.717) is 0 Å². The van der Waals surface area contributed by atoms with Gasteiger partial charge in [-0.2, -0.15) is 0 Å². The summed E-state index contributed by atoms with van der Waals surface area (Å²) in [6, 6.07) is 20.3. The highest BCUT2D eigenvalue weighted by Crippen LogP contribution is 2.40. The minimum absolute atomic E-state index is 0.0530. The molecule has 0 aliphatic carbocycles. The van der Waals surface area contributed by atoms with Crippen LogP contribution in [0.1, 0.15) is 23.2 Å². The smallest absolute Gasteiger partial charge is 0.0819 e. The monoisotopic (exact) mass is 257 g/mol. The van der Waals surface area contributed by atoms with Crippen LogP contribution in [0, 0.1) is 0 Å². The van der Waals surface area contributed by atoms with E-state index in [1.807, 2.05) is 36.4 Å². The van der Waals surface area contributed by atoms with Gasteiger partial charge in [0.1, 0.15) is 12.1 Å². The molecule has 2 aromatic carbocycles. The van der Waals surface area contributed by atoms with Gasteiger partial charge in [-0.05, 0) is 15.7 Å². The molecule has 1 aliphatic heterocycles. The van der Waals surface area contributed by atoms with E-state index in [1.165, 1.54) is 0 Å². The van der Waals surface area contributed by atoms with Crippen LogP contribution in [0.3, 0.4) is 0 Å². The maximum absolute atomic E-state index is 11.7. The molecule has 0 bridgehead atoms. The predicted octanol–water partition coefficient (Wildman–Crippen LogP) is 3.32. The van der Waals surface area contributed by atoms with E-state index in [9.17, 15) is 4.57 Å². The first-order valence-electron chi connectivity index (χ1n) is 5.94. The summed E-state index contributed by atoms with van der Waals surface area (Å²) in [5, 5.41) is 6.23. The highest BCUT2D eigenvalue weighted by atomic mass is 31.1. The summed E-state index contributed by atoms with van der Waals surface area (Å²) in [5.41, 5.74) is 2.31. The molecule has 0 amide bonds. The van der Waals surface area contributed by atoms with Gasteiger partial charge in [-0.1, -0.05) is 70.8 Å². The van der Waals surface area contributed by atoms with Gasteiger partial charge in [0.2, 0.25) is 0 Å². The van der Waals surface area contributed by atoms with E-state index in [4.69, 9.17) is 0 Å². The van der Waals surface area contributed by atoms with E-state index in [2.05, 4.69) is 34.4 Å². The molecule has 2 atom stereocenters. The minimum atomic E-state index is -1.54. The van der Waals surface area contributed by atoms with Crippen LogP contribution in [-0.4, -0.2) is 0 Å². The Morgan fingerprint density at radius 1 is 0.722 bits per heavy atom. The Hall–Kier alpha value is -1.54. The lowest BCUT2D eigenvalue weighted by atomic mass is 9.95. The third-order valence-electron chi connectivity index (χ3n) is 3.16. The second-order valence-electron chi connectivity index (χ2n) is 4.33. The van der Waals surface area contributed by atoms with Crippen LogP contribution in [0.4, 0.5) is 0 Å². The molecule has 2 N–H and O–H groups in total. The summed E-state index contributed by atoms with van der Waals surface area (Å²) < 4.78 is 11.7. The minimum Gasteiger partial charge on any atom is -0.0819 e. The fraction of sp³-hybridized carbons (Fsp3) is 0.143. The normalized spacial score (nSPS) is 25.2. The number of hydrogen-bond donors (Lipinski definition) is 2. The topological polar surface area (TPSA) is 41.1 Å². The van der Waals surface area contributed by atoms with Gasteiger partial charge in [0.25, 0.3) is 0 Å². The number of nitrogens with one attached hydrogen (secondary N) is 2. The van der Waals surface area contributed by atoms with Crippen molar-refractivity contribution in [2.24, 2.45) is 0 Å². The summed E-state index contributed by atoms with van der Waals surface area (Å²) in [4.78, 5) is 0. The Morgan fingerprint density at radius 2 is 1.11 bits per heavy atom. The third-order valence-corrected chi connectivity index (χ3v) is 4.19. The summed E-state index contributed by atoms with van der Waals surface area (Å²) in [5.74, 6) is 0. The molecule has 1 saturated heterocycles. The van der Waals surface area contributed by atoms with Crippen molar-refractivity contribution in [3.63, 3.8) is 0 Å². The average molecular weight is 257 g/mol. The Labute approximate surface area is 107 Å². The predicted molar refractivity (Wildman–Crippen MR) is 72.2 cm³/mol. The standard InChI is InChI=1S/C14H14N2OP/c17-18-15-13(11-7-3-1-4-8-11)14(16-18)12-9-5-2-6-10-12/h1-10,13-14H,(H2,15,16,17)/q+1. The Morgan fingerprint density at radius 3 is 1.50 bits per heavy atom. The van der Waals surface area contributed by atoms with E-state index in [0.717, 1.165) is 11.1 Å². The van der Waals surface area contributed by atoms with E-state index in [1.54, 1.807) is 0 Å². The Kier molecular flexibility index (Phi) is 3.20. The second-order valence-corrected chi connectivity index (χ2v) is 5.43. The largest absolute Gasteiger partial charge is 0.533 e. The molecule has 0 aromatic heterocycles. The first-order chi connectivity index (χ1) is 8.84. The van der Waals surface area contributed by atoms with Gasteiger partial charge < -0.3 is 0 Å². The molecule has 0 spiro atoms. The molecule has 1 aliphatic rings. The van der Waals surface area contributed by atoms with Gasteiger partial charge >= 0.3 is 8.10 Å². The highest BCUT2D eigenvalue weighted by Gasteiger charge is 2.42. The van der Waals surface area contributed by atoms with Crippen LogP contribution in [-0.2, 0) is 4.57 Å². The van der Waals surface area contributed by atoms with E-state index in [-0.39, 0.29) is 12.1 Å². The molecule has 1 fully saturated rings. The number of benzene rings is 2. The van der Waals surface area contributed by atoms with Crippen molar-refractivity contribution in [1.82, 2.24) is 10.2 Å². The van der Waals surface area contributed by atoms with Gasteiger partial charge in [0.15, 0.2) is 0 Å². The van der Waals surface area contributed by atoms with E-state index < -0.39 is 8.10 Å². The highest BCUT2D eigenvalue weighted by molar-refractivity contribution is 7.40. The number of rotatable bonds is 2. The number of hydrogen-bond acceptors (Lipinski definition) is 1. The van der Waals surface area contributed by atoms with Gasteiger partial charge in [0, 0.05) is 0 Å². The van der Waals surface area contributed by atoms with Gasteiger partial charge in [-0.25, -0.2) is 0 Å². The molecule has 2 aromatic rings. The summed E-state index contributed by atoms with van der Waals surface area (Å²) in [7, 11) is -1.54. The second kappa shape index (κ2) is 4.99. The Balaban J connectivity index is 1.96. The van der Waals surface area contributed by atoms with Crippen molar-refractivity contribution in [3.05, 3.63) is 71.8 Å². The third kappa shape index (κ3) is 2.21. The first kappa shape index (κ1) is 11.5. The molecule has 0 radical (unpaired) electrons. The van der Waals surface area contributed by atoms with Crippen LogP contribution < -0.4 is 10.2 Å². The lowest BCUT2D eigenvalue weighted by Crippen LogP contribution is -2.17. The Bertz CT molecular complexity index is 495. The maximum Gasteiger partial charge on any atom is 0.533 e. The summed E-state index contributed by atoms with van der Waals surface area (Å²) >= 11 is 0. The van der Waals surface area contributed by atoms with Gasteiger partial charge in [0.05, 0.1) is 0 Å². The summed E-state index contributed by atoms with van der Waals surface area (Å²) in [6.07, 6.45) is 0. The molecular formula is C14H14N2OP+. The van der Waals surface area contributed by atoms with Crippen molar-refractivity contribution in [2.75, 3.05) is 0 Å². The molecule has 0 saturated carbocycles. The fourth-order valence-corrected chi connectivity index (χ4v) is 3.47. The van der Waals surface area contributed by atoms with Crippen molar-refractivity contribution in [1.29, 1.82) is 0 Å². The van der Waals surface area contributed by atoms with Crippen molar-refractivity contribution < 1.29 is 4.57 Å². The molecule has 2 unspecified atom stereocenters. The molecule has 3 rings (SSSR count). The molecule has 3 nitrogen and oxygen atoms in total. The maximum atomic E-state index is 11.7. The zero-order valence-corrected chi connectivity index (χ0v) is 10.7. The zero-order chi connectivity index (χ0) is 12.4. The molecule has 90 valence electrons. The lowest BCUT2D eigenvalue weighted by molar-refractivity contribution is 0.554. The van der Waals surface area contributed by atoms with Crippen LogP contribution in [0.5, 0.6) is 0 Å². The first-order valence-corrected chi connectivity index (χ1v) is 7.20. The quantitative estimate of drug-likeness (QED) is 0.811. The average Bonchev–Trinajstić information content (AvgIpc) is 2.83. The van der Waals surface area contributed by atoms with Crippen molar-refractivity contribution in [3.8, 4) is 0 Å². The van der Waals surface area contributed by atoms with E-state index >= 15 is 0 Å².